The van der Waals surface area contributed by atoms with Gasteiger partial charge in [0.05, 0.1) is 29.5 Å². The number of aromatic nitrogens is 3. The number of hydrogen-bond acceptors (Lipinski definition) is 5. The number of pyridine rings is 1. The van der Waals surface area contributed by atoms with Crippen LogP contribution in [-0.2, 0) is 16.2 Å². The number of nitrogens with one attached hydrogen (secondary N) is 2. The Morgan fingerprint density at radius 3 is 3.00 bits per heavy atom. The van der Waals surface area contributed by atoms with E-state index in [4.69, 9.17) is 4.74 Å². The third kappa shape index (κ3) is 4.48. The number of carbonyl (C=O) groups excluding carboxylic acids is 2. The topological polar surface area (TPSA) is 100 Å². The number of amides is 2. The number of benzene rings is 1. The van der Waals surface area contributed by atoms with Gasteiger partial charge in [0.15, 0.2) is 0 Å². The van der Waals surface area contributed by atoms with Gasteiger partial charge in [0.1, 0.15) is 12.4 Å². The summed E-state index contributed by atoms with van der Waals surface area (Å²) in [5.41, 5.74) is 2.45. The van der Waals surface area contributed by atoms with Crippen LogP contribution in [0.1, 0.15) is 30.6 Å². The lowest BCUT2D eigenvalue weighted by molar-refractivity contribution is -0.126. The molecule has 2 N–H and O–H groups in total. The first-order valence-electron chi connectivity index (χ1n) is 9.82. The first kappa shape index (κ1) is 19.6. The van der Waals surface area contributed by atoms with E-state index in [1.165, 1.54) is 0 Å². The molecule has 0 saturated carbocycles. The van der Waals surface area contributed by atoms with Gasteiger partial charge in [-0.1, -0.05) is 18.2 Å². The molecule has 1 saturated heterocycles. The molecule has 154 valence electrons. The molecule has 1 fully saturated rings. The molecule has 1 aromatic carbocycles. The van der Waals surface area contributed by atoms with Gasteiger partial charge in [0, 0.05) is 25.4 Å². The Hall–Kier alpha value is -3.68. The molecular weight excluding hydrogens is 382 g/mol. The predicted molar refractivity (Wildman–Crippen MR) is 111 cm³/mol. The molecule has 0 radical (unpaired) electrons. The highest BCUT2D eigenvalue weighted by molar-refractivity contribution is 6.00. The molecule has 0 bridgehead atoms. The number of hydrogen-bond donors (Lipinski definition) is 2. The molecule has 30 heavy (non-hydrogen) atoms. The second-order valence-corrected chi connectivity index (χ2v) is 7.27. The van der Waals surface area contributed by atoms with Crippen molar-refractivity contribution in [2.24, 2.45) is 5.92 Å². The lowest BCUT2D eigenvalue weighted by Crippen LogP contribution is -2.34. The Balaban J connectivity index is 1.35. The summed E-state index contributed by atoms with van der Waals surface area (Å²) in [6.45, 7) is 2.64. The first-order chi connectivity index (χ1) is 14.6. The average Bonchev–Trinajstić information content (AvgIpc) is 3.43. The summed E-state index contributed by atoms with van der Waals surface area (Å²) in [4.78, 5) is 30.8. The number of anilines is 1. The van der Waals surface area contributed by atoms with Gasteiger partial charge < -0.3 is 15.0 Å². The van der Waals surface area contributed by atoms with Crippen LogP contribution in [0, 0.1) is 5.92 Å². The molecule has 0 spiro atoms. The lowest BCUT2D eigenvalue weighted by Gasteiger charge is -2.18. The summed E-state index contributed by atoms with van der Waals surface area (Å²) >= 11 is 0. The molecule has 0 aliphatic carbocycles. The second kappa shape index (κ2) is 8.77. The highest BCUT2D eigenvalue weighted by Crippen LogP contribution is 2.25. The molecule has 2 atom stereocenters. The van der Waals surface area contributed by atoms with Crippen LogP contribution in [0.25, 0.3) is 0 Å². The van der Waals surface area contributed by atoms with Crippen molar-refractivity contribution in [1.29, 1.82) is 0 Å². The van der Waals surface area contributed by atoms with Gasteiger partial charge in [-0.25, -0.2) is 0 Å². The monoisotopic (exact) mass is 405 g/mol. The minimum Gasteiger partial charge on any atom is -0.487 e. The van der Waals surface area contributed by atoms with Crippen LogP contribution in [-0.4, -0.2) is 33.5 Å². The Morgan fingerprint density at radius 1 is 1.33 bits per heavy atom. The molecule has 8 nitrogen and oxygen atoms in total. The zero-order valence-electron chi connectivity index (χ0n) is 16.6. The average molecular weight is 405 g/mol. The summed E-state index contributed by atoms with van der Waals surface area (Å²) in [7, 11) is 0. The summed E-state index contributed by atoms with van der Waals surface area (Å²) in [5.74, 6) is 0.107. The molecule has 1 aliphatic heterocycles. The maximum atomic E-state index is 12.7. The smallest absolute Gasteiger partial charge is 0.227 e. The summed E-state index contributed by atoms with van der Waals surface area (Å²) < 4.78 is 5.82. The standard InChI is InChI=1S/C22H23N5O3/c1-15(16-5-4-7-20(9-16)30-14-18-6-2-3-8-23-18)26-22(29)17-10-21(28)27(13-17)19-11-24-25-12-19/h2-9,11-12,15,17H,10,13-14H2,1H3,(H,24,25)(H,26,29). The molecule has 1 aliphatic rings. The van der Waals surface area contributed by atoms with Crippen molar-refractivity contribution in [2.75, 3.05) is 11.4 Å². The van der Waals surface area contributed by atoms with Gasteiger partial charge in [0.2, 0.25) is 11.8 Å². The van der Waals surface area contributed by atoms with Crippen molar-refractivity contribution in [3.05, 3.63) is 72.3 Å². The number of rotatable bonds is 7. The summed E-state index contributed by atoms with van der Waals surface area (Å²) in [6.07, 6.45) is 5.15. The van der Waals surface area contributed by atoms with Crippen molar-refractivity contribution in [1.82, 2.24) is 20.5 Å². The van der Waals surface area contributed by atoms with Gasteiger partial charge in [-0.3, -0.25) is 19.7 Å². The molecule has 2 unspecified atom stereocenters. The van der Waals surface area contributed by atoms with Crippen molar-refractivity contribution in [3.63, 3.8) is 0 Å². The second-order valence-electron chi connectivity index (χ2n) is 7.27. The van der Waals surface area contributed by atoms with Crippen LogP contribution in [0.3, 0.4) is 0 Å². The van der Waals surface area contributed by atoms with Crippen LogP contribution < -0.4 is 15.0 Å². The van der Waals surface area contributed by atoms with E-state index < -0.39 is 5.92 Å². The Labute approximate surface area is 174 Å². The van der Waals surface area contributed by atoms with Crippen molar-refractivity contribution >= 4 is 17.5 Å². The predicted octanol–water partition coefficient (Wildman–Crippen LogP) is 2.61. The highest BCUT2D eigenvalue weighted by atomic mass is 16.5. The van der Waals surface area contributed by atoms with E-state index >= 15 is 0 Å². The van der Waals surface area contributed by atoms with E-state index in [2.05, 4.69) is 20.5 Å². The first-order valence-corrected chi connectivity index (χ1v) is 9.82. The molecule has 3 heterocycles. The minimum absolute atomic E-state index is 0.0749. The van der Waals surface area contributed by atoms with Gasteiger partial charge >= 0.3 is 0 Å². The van der Waals surface area contributed by atoms with E-state index in [9.17, 15) is 9.59 Å². The van der Waals surface area contributed by atoms with Crippen LogP contribution >= 0.6 is 0 Å². The highest BCUT2D eigenvalue weighted by Gasteiger charge is 2.35. The SMILES string of the molecule is CC(NC(=O)C1CC(=O)N(c2cn[nH]c2)C1)c1cccc(OCc2ccccn2)c1. The molecule has 2 aromatic heterocycles. The van der Waals surface area contributed by atoms with Gasteiger partial charge in [-0.2, -0.15) is 5.10 Å². The fraction of sp³-hybridized carbons (Fsp3) is 0.273. The zero-order valence-corrected chi connectivity index (χ0v) is 16.6. The van der Waals surface area contributed by atoms with Gasteiger partial charge in [0.25, 0.3) is 0 Å². The fourth-order valence-electron chi connectivity index (χ4n) is 3.45. The molecule has 2 amide bonds. The Morgan fingerprint density at radius 2 is 2.23 bits per heavy atom. The number of carbonyl (C=O) groups is 2. The van der Waals surface area contributed by atoms with Crippen molar-refractivity contribution in [3.8, 4) is 5.75 Å². The van der Waals surface area contributed by atoms with E-state index in [1.54, 1.807) is 23.5 Å². The van der Waals surface area contributed by atoms with Crippen LogP contribution in [0.15, 0.2) is 61.1 Å². The number of aromatic amines is 1. The van der Waals surface area contributed by atoms with E-state index in [0.717, 1.165) is 11.3 Å². The molecular formula is C22H23N5O3. The maximum Gasteiger partial charge on any atom is 0.227 e. The number of nitrogens with zero attached hydrogens (tertiary/aromatic N) is 3. The van der Waals surface area contributed by atoms with Crippen molar-refractivity contribution in [2.45, 2.75) is 26.0 Å². The molecule has 8 heteroatoms. The summed E-state index contributed by atoms with van der Waals surface area (Å²) in [6, 6.07) is 13.1. The lowest BCUT2D eigenvalue weighted by atomic mass is 10.0. The van der Waals surface area contributed by atoms with Crippen molar-refractivity contribution < 1.29 is 14.3 Å². The van der Waals surface area contributed by atoms with E-state index in [1.807, 2.05) is 49.4 Å². The largest absolute Gasteiger partial charge is 0.487 e. The Bertz CT molecular complexity index is 1010. The van der Waals surface area contributed by atoms with E-state index in [0.29, 0.717) is 24.6 Å². The normalized spacial score (nSPS) is 17.0. The molecule has 4 rings (SSSR count). The Kier molecular flexibility index (Phi) is 5.74. The summed E-state index contributed by atoms with van der Waals surface area (Å²) in [5, 5.41) is 9.57. The number of H-pyrrole nitrogens is 1. The van der Waals surface area contributed by atoms with Crippen LogP contribution in [0.4, 0.5) is 5.69 Å². The minimum atomic E-state index is -0.390. The third-order valence-electron chi connectivity index (χ3n) is 5.12. The maximum absolute atomic E-state index is 12.7. The van der Waals surface area contributed by atoms with Crippen LogP contribution in [0.5, 0.6) is 5.75 Å². The zero-order chi connectivity index (χ0) is 20.9. The fourth-order valence-corrected chi connectivity index (χ4v) is 3.45. The molecule has 3 aromatic rings. The van der Waals surface area contributed by atoms with Crippen LogP contribution in [0.2, 0.25) is 0 Å². The number of ether oxygens (including phenoxy) is 1. The van der Waals surface area contributed by atoms with Gasteiger partial charge in [-0.15, -0.1) is 0 Å². The van der Waals surface area contributed by atoms with Gasteiger partial charge in [-0.05, 0) is 36.8 Å². The van der Waals surface area contributed by atoms with E-state index in [-0.39, 0.29) is 24.3 Å². The third-order valence-corrected chi connectivity index (χ3v) is 5.12. The quantitative estimate of drug-likeness (QED) is 0.629.